The lowest BCUT2D eigenvalue weighted by Crippen LogP contribution is -2.28. The van der Waals surface area contributed by atoms with Crippen LogP contribution >= 0.6 is 0 Å². The summed E-state index contributed by atoms with van der Waals surface area (Å²) < 4.78 is 1.90. The van der Waals surface area contributed by atoms with Crippen LogP contribution in [0.25, 0.3) is 0 Å². The molecular formula is C13H20N4O. The molecule has 0 spiro atoms. The Hall–Kier alpha value is -1.36. The van der Waals surface area contributed by atoms with Crippen molar-refractivity contribution in [2.75, 3.05) is 26.7 Å². The SMILES string of the molecule is CN1CCCn2nc(C3CCCNC3)cc2C1=O. The lowest BCUT2D eigenvalue weighted by Gasteiger charge is -2.20. The number of hydrogen-bond donors (Lipinski definition) is 1. The van der Waals surface area contributed by atoms with Gasteiger partial charge in [-0.3, -0.25) is 9.48 Å². The van der Waals surface area contributed by atoms with Crippen LogP contribution in [0, 0.1) is 0 Å². The first kappa shape index (κ1) is 11.7. The molecule has 0 aliphatic carbocycles. The summed E-state index contributed by atoms with van der Waals surface area (Å²) >= 11 is 0. The lowest BCUT2D eigenvalue weighted by molar-refractivity contribution is 0.0796. The number of rotatable bonds is 1. The van der Waals surface area contributed by atoms with Crippen LogP contribution in [0.15, 0.2) is 6.07 Å². The summed E-state index contributed by atoms with van der Waals surface area (Å²) in [5, 5.41) is 8.05. The molecule has 1 aromatic heterocycles. The summed E-state index contributed by atoms with van der Waals surface area (Å²) in [6, 6.07) is 2.00. The lowest BCUT2D eigenvalue weighted by atomic mass is 9.96. The molecule has 3 heterocycles. The summed E-state index contributed by atoms with van der Waals surface area (Å²) in [5.41, 5.74) is 1.84. The maximum absolute atomic E-state index is 12.2. The second kappa shape index (κ2) is 4.72. The van der Waals surface area contributed by atoms with Gasteiger partial charge in [0.25, 0.3) is 5.91 Å². The molecule has 98 valence electrons. The number of carbonyl (C=O) groups is 1. The minimum absolute atomic E-state index is 0.106. The van der Waals surface area contributed by atoms with Gasteiger partial charge in [0.2, 0.25) is 0 Å². The van der Waals surface area contributed by atoms with E-state index in [1.54, 1.807) is 4.90 Å². The highest BCUT2D eigenvalue weighted by molar-refractivity contribution is 5.92. The van der Waals surface area contributed by atoms with Crippen molar-refractivity contribution in [1.29, 1.82) is 0 Å². The van der Waals surface area contributed by atoms with E-state index in [9.17, 15) is 4.79 Å². The van der Waals surface area contributed by atoms with Gasteiger partial charge < -0.3 is 10.2 Å². The first-order valence-corrected chi connectivity index (χ1v) is 6.79. The third-order valence-corrected chi connectivity index (χ3v) is 3.94. The third kappa shape index (κ3) is 2.03. The van der Waals surface area contributed by atoms with Crippen LogP contribution in [0.4, 0.5) is 0 Å². The first-order chi connectivity index (χ1) is 8.75. The number of nitrogens with one attached hydrogen (secondary N) is 1. The fraction of sp³-hybridized carbons (Fsp3) is 0.692. The van der Waals surface area contributed by atoms with Gasteiger partial charge in [-0.15, -0.1) is 0 Å². The van der Waals surface area contributed by atoms with Crippen LogP contribution < -0.4 is 5.32 Å². The number of carbonyl (C=O) groups excluding carboxylic acids is 1. The van der Waals surface area contributed by atoms with Crippen molar-refractivity contribution in [2.45, 2.75) is 31.7 Å². The van der Waals surface area contributed by atoms with Gasteiger partial charge in [-0.25, -0.2) is 0 Å². The Bertz CT molecular complexity index is 448. The van der Waals surface area contributed by atoms with Crippen LogP contribution in [0.3, 0.4) is 0 Å². The van der Waals surface area contributed by atoms with E-state index >= 15 is 0 Å². The second-order valence-electron chi connectivity index (χ2n) is 5.30. The van der Waals surface area contributed by atoms with Gasteiger partial charge in [-0.1, -0.05) is 0 Å². The van der Waals surface area contributed by atoms with Gasteiger partial charge in [0, 0.05) is 32.6 Å². The van der Waals surface area contributed by atoms with Crippen LogP contribution in [0.5, 0.6) is 0 Å². The molecule has 1 saturated heterocycles. The number of fused-ring (bicyclic) bond motifs is 1. The van der Waals surface area contributed by atoms with E-state index in [0.717, 1.165) is 44.0 Å². The van der Waals surface area contributed by atoms with Crippen molar-refractivity contribution in [1.82, 2.24) is 20.0 Å². The smallest absolute Gasteiger partial charge is 0.271 e. The molecule has 2 aliphatic rings. The topological polar surface area (TPSA) is 50.2 Å². The van der Waals surface area contributed by atoms with Gasteiger partial charge >= 0.3 is 0 Å². The van der Waals surface area contributed by atoms with Crippen molar-refractivity contribution in [2.24, 2.45) is 0 Å². The van der Waals surface area contributed by atoms with Gasteiger partial charge in [0.05, 0.1) is 5.69 Å². The van der Waals surface area contributed by atoms with Gasteiger partial charge in [0.15, 0.2) is 0 Å². The molecule has 1 amide bonds. The molecule has 1 N–H and O–H groups in total. The number of piperidine rings is 1. The fourth-order valence-corrected chi connectivity index (χ4v) is 2.84. The molecule has 5 nitrogen and oxygen atoms in total. The first-order valence-electron chi connectivity index (χ1n) is 6.79. The molecule has 0 radical (unpaired) electrons. The number of nitrogens with zero attached hydrogens (tertiary/aromatic N) is 3. The number of amides is 1. The summed E-state index contributed by atoms with van der Waals surface area (Å²) in [7, 11) is 1.87. The van der Waals surface area contributed by atoms with Gasteiger partial charge in [0.1, 0.15) is 5.69 Å². The molecule has 0 aromatic carbocycles. The van der Waals surface area contributed by atoms with E-state index in [1.807, 2.05) is 17.8 Å². The Kier molecular flexibility index (Phi) is 3.07. The summed E-state index contributed by atoms with van der Waals surface area (Å²) in [4.78, 5) is 14.0. The molecule has 5 heteroatoms. The molecule has 1 atom stereocenters. The van der Waals surface area contributed by atoms with Crippen molar-refractivity contribution in [3.05, 3.63) is 17.5 Å². The molecule has 3 rings (SSSR count). The standard InChI is InChI=1S/C13H20N4O/c1-16-6-3-7-17-12(13(16)18)8-11(15-17)10-4-2-5-14-9-10/h8,10,14H,2-7,9H2,1H3. The van der Waals surface area contributed by atoms with Crippen molar-refractivity contribution in [3.63, 3.8) is 0 Å². The van der Waals surface area contributed by atoms with Crippen LogP contribution in [0.2, 0.25) is 0 Å². The Balaban J connectivity index is 1.88. The molecule has 2 aliphatic heterocycles. The van der Waals surface area contributed by atoms with E-state index in [1.165, 1.54) is 12.8 Å². The van der Waals surface area contributed by atoms with Crippen molar-refractivity contribution < 1.29 is 4.79 Å². The predicted molar refractivity (Wildman–Crippen MR) is 68.6 cm³/mol. The second-order valence-corrected chi connectivity index (χ2v) is 5.30. The zero-order chi connectivity index (χ0) is 12.5. The zero-order valence-corrected chi connectivity index (χ0v) is 10.9. The Morgan fingerprint density at radius 3 is 3.06 bits per heavy atom. The molecule has 1 fully saturated rings. The average molecular weight is 248 g/mol. The Morgan fingerprint density at radius 2 is 2.28 bits per heavy atom. The average Bonchev–Trinajstić information content (AvgIpc) is 2.78. The summed E-state index contributed by atoms with van der Waals surface area (Å²) in [6.45, 7) is 3.76. The summed E-state index contributed by atoms with van der Waals surface area (Å²) in [5.74, 6) is 0.575. The van der Waals surface area contributed by atoms with Crippen LogP contribution in [0.1, 0.15) is 41.4 Å². The van der Waals surface area contributed by atoms with E-state index < -0.39 is 0 Å². The Labute approximate surface area is 107 Å². The maximum Gasteiger partial charge on any atom is 0.271 e. The van der Waals surface area contributed by atoms with Gasteiger partial charge in [-0.2, -0.15) is 5.10 Å². The number of hydrogen-bond acceptors (Lipinski definition) is 3. The predicted octanol–water partition coefficient (Wildman–Crippen LogP) is 0.826. The van der Waals surface area contributed by atoms with E-state index in [2.05, 4.69) is 10.4 Å². The van der Waals surface area contributed by atoms with E-state index in [0.29, 0.717) is 5.92 Å². The van der Waals surface area contributed by atoms with Crippen molar-refractivity contribution in [3.8, 4) is 0 Å². The number of aromatic nitrogens is 2. The molecule has 1 unspecified atom stereocenters. The quantitative estimate of drug-likeness (QED) is 0.800. The maximum atomic E-state index is 12.2. The highest BCUT2D eigenvalue weighted by Gasteiger charge is 2.25. The summed E-state index contributed by atoms with van der Waals surface area (Å²) in [6.07, 6.45) is 3.35. The van der Waals surface area contributed by atoms with Crippen molar-refractivity contribution >= 4 is 5.91 Å². The number of aryl methyl sites for hydroxylation is 1. The van der Waals surface area contributed by atoms with Crippen LogP contribution in [-0.4, -0.2) is 47.3 Å². The van der Waals surface area contributed by atoms with E-state index in [-0.39, 0.29) is 5.91 Å². The largest absolute Gasteiger partial charge is 0.340 e. The fourth-order valence-electron chi connectivity index (χ4n) is 2.84. The minimum Gasteiger partial charge on any atom is -0.340 e. The molecule has 0 saturated carbocycles. The molecule has 18 heavy (non-hydrogen) atoms. The van der Waals surface area contributed by atoms with E-state index in [4.69, 9.17) is 0 Å². The van der Waals surface area contributed by atoms with Crippen LogP contribution in [-0.2, 0) is 6.54 Å². The zero-order valence-electron chi connectivity index (χ0n) is 10.9. The normalized spacial score (nSPS) is 24.8. The molecular weight excluding hydrogens is 228 g/mol. The monoisotopic (exact) mass is 248 g/mol. The molecule has 0 bridgehead atoms. The van der Waals surface area contributed by atoms with Gasteiger partial charge in [-0.05, 0) is 31.9 Å². The molecule has 1 aromatic rings. The highest BCUT2D eigenvalue weighted by Crippen LogP contribution is 2.24. The highest BCUT2D eigenvalue weighted by atomic mass is 16.2. The Morgan fingerprint density at radius 1 is 1.39 bits per heavy atom. The minimum atomic E-state index is 0.106. The third-order valence-electron chi connectivity index (χ3n) is 3.94.